The number of aryl methyl sites for hydroxylation is 1. The number of rotatable bonds is 8. The van der Waals surface area contributed by atoms with Gasteiger partial charge in [-0.05, 0) is 12.8 Å². The molecule has 1 rings (SSSR count). The maximum Gasteiger partial charge on any atom is 0.308 e. The van der Waals surface area contributed by atoms with Crippen LogP contribution in [0.15, 0.2) is 0 Å². The minimum atomic E-state index is -3.56. The number of imidazole rings is 1. The Morgan fingerprint density at radius 1 is 1.12 bits per heavy atom. The predicted molar refractivity (Wildman–Crippen MR) is 105 cm³/mol. The van der Waals surface area contributed by atoms with Gasteiger partial charge in [0.2, 0.25) is 0 Å². The minimum absolute atomic E-state index is 0.317. The van der Waals surface area contributed by atoms with Crippen LogP contribution < -0.4 is 5.32 Å². The van der Waals surface area contributed by atoms with E-state index in [2.05, 4.69) is 20.0 Å². The van der Waals surface area contributed by atoms with Crippen molar-refractivity contribution in [1.29, 1.82) is 0 Å². The molecular weight excluding hydrogens is 338 g/mol. The average Bonchev–Trinajstić information content (AvgIpc) is 2.83. The molecule has 0 aliphatic rings. The van der Waals surface area contributed by atoms with Crippen LogP contribution in [0.1, 0.15) is 64.9 Å². The second-order valence-corrected chi connectivity index (χ2v) is 12.9. The average molecular weight is 374 g/mol. The molecule has 0 radical (unpaired) electrons. The highest BCUT2D eigenvalue weighted by Gasteiger charge is 2.34. The molecule has 0 atom stereocenters. The quantitative estimate of drug-likeness (QED) is 0.520. The fourth-order valence-electron chi connectivity index (χ4n) is 2.80. The summed E-state index contributed by atoms with van der Waals surface area (Å²) in [5.74, 6) is 0.665. The first-order valence-corrected chi connectivity index (χ1v) is 13.3. The Hall–Kier alpha value is -0.663. The summed E-state index contributed by atoms with van der Waals surface area (Å²) in [6.45, 7) is 12.7. The highest BCUT2D eigenvalue weighted by Crippen LogP contribution is 2.24. The molecule has 1 heterocycles. The second kappa shape index (κ2) is 8.14. The first-order valence-electron chi connectivity index (χ1n) is 8.99. The Balaban J connectivity index is 3.50. The maximum absolute atomic E-state index is 13.0. The van der Waals surface area contributed by atoms with E-state index in [1.165, 1.54) is 23.6 Å². The summed E-state index contributed by atoms with van der Waals surface area (Å²) < 4.78 is 28.8. The molecule has 0 spiro atoms. The minimum Gasteiger partial charge on any atom is -0.237 e. The smallest absolute Gasteiger partial charge is 0.237 e. The largest absolute Gasteiger partial charge is 0.308 e. The molecule has 0 aliphatic heterocycles. The van der Waals surface area contributed by atoms with Gasteiger partial charge in [0.05, 0.1) is 14.5 Å². The van der Waals surface area contributed by atoms with Gasteiger partial charge in [-0.25, -0.2) is 8.96 Å². The van der Waals surface area contributed by atoms with Gasteiger partial charge in [-0.1, -0.05) is 60.1 Å². The van der Waals surface area contributed by atoms with E-state index in [0.29, 0.717) is 5.82 Å². The highest BCUT2D eigenvalue weighted by atomic mass is 32.2. The molecule has 140 valence electrons. The summed E-state index contributed by atoms with van der Waals surface area (Å²) in [5, 5.41) is 0.977. The molecule has 1 aromatic rings. The fraction of sp³-hybridized carbons (Fsp3) is 0.824. The number of hydrogen-bond donors (Lipinski definition) is 0. The third-order valence-electron chi connectivity index (χ3n) is 4.12. The van der Waals surface area contributed by atoms with Gasteiger partial charge >= 0.3 is 10.2 Å². The van der Waals surface area contributed by atoms with Gasteiger partial charge < -0.3 is 0 Å². The molecule has 1 aromatic heterocycles. The maximum atomic E-state index is 13.0. The molecule has 0 N–H and O–H groups in total. The van der Waals surface area contributed by atoms with Crippen LogP contribution in [0.4, 0.5) is 0 Å². The topological polar surface area (TPSA) is 55.2 Å². The monoisotopic (exact) mass is 373 g/mol. The van der Waals surface area contributed by atoms with E-state index in [4.69, 9.17) is 4.98 Å². The van der Waals surface area contributed by atoms with E-state index in [1.807, 2.05) is 20.8 Å². The van der Waals surface area contributed by atoms with Crippen molar-refractivity contribution in [2.75, 3.05) is 14.1 Å². The van der Waals surface area contributed by atoms with Crippen molar-refractivity contribution in [3.63, 3.8) is 0 Å². The van der Waals surface area contributed by atoms with Gasteiger partial charge in [0.1, 0.15) is 5.82 Å². The molecule has 0 saturated carbocycles. The van der Waals surface area contributed by atoms with Gasteiger partial charge in [-0.2, -0.15) is 12.7 Å². The molecule has 0 aromatic carbocycles. The second-order valence-electron chi connectivity index (χ2n) is 8.04. The van der Waals surface area contributed by atoms with Crippen LogP contribution in [-0.2, 0) is 22.0 Å². The summed E-state index contributed by atoms with van der Waals surface area (Å²) in [6.07, 6.45) is 5.54. The van der Waals surface area contributed by atoms with Gasteiger partial charge in [-0.15, -0.1) is 0 Å². The standard InChI is InChI=1S/C17H35N3O2SSi/c1-9-10-11-12-13-14-15(24(7)8)20(23(21,22)19(5)6)16(18-14)17(2,3)4/h24H,9-13H2,1-8H3. The Labute approximate surface area is 150 Å². The lowest BCUT2D eigenvalue weighted by Gasteiger charge is -2.24. The van der Waals surface area contributed by atoms with Crippen LogP contribution in [0.5, 0.6) is 0 Å². The lowest BCUT2D eigenvalue weighted by Crippen LogP contribution is -2.43. The Morgan fingerprint density at radius 3 is 2.12 bits per heavy atom. The fourth-order valence-corrected chi connectivity index (χ4v) is 6.51. The van der Waals surface area contributed by atoms with E-state index in [1.54, 1.807) is 18.1 Å². The molecule has 7 heteroatoms. The first-order chi connectivity index (χ1) is 10.9. The van der Waals surface area contributed by atoms with Gasteiger partial charge in [0.25, 0.3) is 0 Å². The van der Waals surface area contributed by atoms with E-state index < -0.39 is 19.0 Å². The van der Waals surface area contributed by atoms with E-state index >= 15 is 0 Å². The number of nitrogens with zero attached hydrogens (tertiary/aromatic N) is 3. The molecule has 5 nitrogen and oxygen atoms in total. The number of hydrogen-bond acceptors (Lipinski definition) is 3. The molecule has 24 heavy (non-hydrogen) atoms. The molecular formula is C17H35N3O2SSi. The van der Waals surface area contributed by atoms with Crippen molar-refractivity contribution in [2.45, 2.75) is 78.3 Å². The first kappa shape index (κ1) is 21.4. The van der Waals surface area contributed by atoms with Crippen molar-refractivity contribution in [2.24, 2.45) is 0 Å². The van der Waals surface area contributed by atoms with Gasteiger partial charge in [0.15, 0.2) is 0 Å². The van der Waals surface area contributed by atoms with Crippen LogP contribution in [0.3, 0.4) is 0 Å². The van der Waals surface area contributed by atoms with E-state index in [9.17, 15) is 8.42 Å². The summed E-state index contributed by atoms with van der Waals surface area (Å²) in [6, 6.07) is 0. The number of aromatic nitrogens is 2. The van der Waals surface area contributed by atoms with E-state index in [0.717, 1.165) is 23.9 Å². The van der Waals surface area contributed by atoms with Crippen molar-refractivity contribution in [3.05, 3.63) is 11.5 Å². The van der Waals surface area contributed by atoms with Crippen molar-refractivity contribution < 1.29 is 8.42 Å². The van der Waals surface area contributed by atoms with Crippen molar-refractivity contribution >= 4 is 24.3 Å². The van der Waals surface area contributed by atoms with Crippen LogP contribution in [0.25, 0.3) is 0 Å². The Bertz CT molecular complexity index is 644. The van der Waals surface area contributed by atoms with Crippen LogP contribution in [-0.4, -0.2) is 44.6 Å². The van der Waals surface area contributed by atoms with Crippen molar-refractivity contribution in [1.82, 2.24) is 13.3 Å². The summed E-state index contributed by atoms with van der Waals surface area (Å²) in [7, 11) is -1.74. The third kappa shape index (κ3) is 4.70. The van der Waals surface area contributed by atoms with Gasteiger partial charge in [0, 0.05) is 24.8 Å². The predicted octanol–water partition coefficient (Wildman–Crippen LogP) is 2.65. The Kier molecular flexibility index (Phi) is 7.25. The third-order valence-corrected chi connectivity index (χ3v) is 7.75. The molecule has 0 aliphatic carbocycles. The van der Waals surface area contributed by atoms with Crippen molar-refractivity contribution in [3.8, 4) is 0 Å². The summed E-state index contributed by atoms with van der Waals surface area (Å²) >= 11 is 0. The normalized spacial score (nSPS) is 13.2. The number of unbranched alkanes of at least 4 members (excludes halogenated alkanes) is 3. The van der Waals surface area contributed by atoms with Gasteiger partial charge in [-0.3, -0.25) is 0 Å². The summed E-state index contributed by atoms with van der Waals surface area (Å²) in [4.78, 5) is 4.84. The van der Waals surface area contributed by atoms with E-state index in [-0.39, 0.29) is 5.41 Å². The Morgan fingerprint density at radius 2 is 1.71 bits per heavy atom. The molecule has 0 bridgehead atoms. The molecule has 0 saturated heterocycles. The van der Waals surface area contributed by atoms with Crippen LogP contribution in [0.2, 0.25) is 13.1 Å². The zero-order valence-corrected chi connectivity index (χ0v) is 18.7. The molecule has 0 amide bonds. The summed E-state index contributed by atoms with van der Waals surface area (Å²) in [5.41, 5.74) is 0.686. The van der Waals surface area contributed by atoms with Crippen LogP contribution in [0, 0.1) is 0 Å². The molecule has 0 unspecified atom stereocenters. The van der Waals surface area contributed by atoms with Crippen LogP contribution >= 0.6 is 0 Å². The zero-order valence-electron chi connectivity index (χ0n) is 16.7. The highest BCUT2D eigenvalue weighted by molar-refractivity contribution is 7.87. The SMILES string of the molecule is CCCCCCc1nc(C(C)(C)C)n(S(=O)(=O)N(C)C)c1[SiH](C)C. The molecule has 0 fully saturated rings. The zero-order chi connectivity index (χ0) is 18.7. The lowest BCUT2D eigenvalue weighted by molar-refractivity contribution is 0.491. The lowest BCUT2D eigenvalue weighted by atomic mass is 9.96.